The molecular formula is C84H30B26N4. The highest BCUT2D eigenvalue weighted by Gasteiger charge is 2.45. The van der Waals surface area contributed by atoms with Gasteiger partial charge < -0.3 is 19.6 Å². The van der Waals surface area contributed by atoms with Crippen LogP contribution >= 0.6 is 0 Å². The molecule has 2 aliphatic rings. The fraction of sp³-hybridized carbons (Fsp3) is 0. The Balaban J connectivity index is 1.04. The van der Waals surface area contributed by atoms with E-state index in [1.807, 2.05) is 97.1 Å². The number of anilines is 12. The van der Waals surface area contributed by atoms with Gasteiger partial charge in [-0.15, -0.1) is 81.9 Å². The molecule has 0 amide bonds. The first kappa shape index (κ1) is 75.3. The van der Waals surface area contributed by atoms with Gasteiger partial charge in [0.2, 0.25) is 0 Å². The average Bonchev–Trinajstić information content (AvgIpc) is 0.687. The lowest BCUT2D eigenvalue weighted by atomic mass is 9.33. The van der Waals surface area contributed by atoms with E-state index in [4.69, 9.17) is 196 Å². The Morgan fingerprint density at radius 1 is 0.202 bits per heavy atom. The first-order chi connectivity index (χ1) is 54.5. The van der Waals surface area contributed by atoms with Crippen LogP contribution in [0.5, 0.6) is 0 Å². The monoisotopic (exact) mass is 1380 g/mol. The largest absolute Gasteiger partial charge is 0.313 e. The molecule has 16 aromatic rings. The molecule has 0 bridgehead atoms. The molecule has 4 nitrogen and oxygen atoms in total. The quantitative estimate of drug-likeness (QED) is 0.105. The maximum absolute atomic E-state index is 7.34. The predicted octanol–water partition coefficient (Wildman–Crippen LogP) is -8.86. The Bertz CT molecular complexity index is 6340. The molecule has 16 aromatic carbocycles. The van der Waals surface area contributed by atoms with Crippen LogP contribution in [0.4, 0.5) is 68.2 Å². The van der Waals surface area contributed by atoms with Crippen molar-refractivity contribution in [1.82, 2.24) is 0 Å². The van der Waals surface area contributed by atoms with Crippen molar-refractivity contribution in [2.45, 2.75) is 0 Å². The van der Waals surface area contributed by atoms with Crippen LogP contribution in [0.15, 0.2) is 182 Å². The third kappa shape index (κ3) is 10.8. The molecule has 18 rings (SSSR count). The lowest BCUT2D eigenvalue weighted by Gasteiger charge is -2.45. The Morgan fingerprint density at radius 2 is 0.430 bits per heavy atom. The molecule has 464 valence electrons. The third-order valence-corrected chi connectivity index (χ3v) is 23.1. The summed E-state index contributed by atoms with van der Waals surface area (Å²) in [5.74, 6) is 0. The zero-order valence-electron chi connectivity index (χ0n) is 61.1. The molecule has 30 heteroatoms. The average molecular weight is 1380 g/mol. The van der Waals surface area contributed by atoms with Crippen LogP contribution < -0.4 is 173 Å². The molecule has 0 spiro atoms. The molecule has 2 aliphatic heterocycles. The molecule has 50 radical (unpaired) electrons. The van der Waals surface area contributed by atoms with Crippen molar-refractivity contribution >= 4 is 489 Å². The van der Waals surface area contributed by atoms with Crippen molar-refractivity contribution < 1.29 is 0 Å². The van der Waals surface area contributed by atoms with Crippen LogP contribution in [-0.4, -0.2) is 203 Å². The summed E-state index contributed by atoms with van der Waals surface area (Å²) in [5, 5.41) is 12.0. The number of fused-ring (bicyclic) bond motifs is 16. The van der Waals surface area contributed by atoms with Crippen molar-refractivity contribution in [3.63, 3.8) is 0 Å². The molecule has 0 saturated carbocycles. The van der Waals surface area contributed by atoms with Crippen molar-refractivity contribution in [2.75, 3.05) is 19.6 Å². The van der Waals surface area contributed by atoms with Crippen LogP contribution in [0.25, 0.3) is 75.8 Å². The van der Waals surface area contributed by atoms with Gasteiger partial charge in [0.15, 0.2) is 0 Å². The predicted molar refractivity (Wildman–Crippen MR) is 515 cm³/mol. The van der Waals surface area contributed by atoms with Gasteiger partial charge in [0, 0.05) is 68.2 Å². The molecule has 0 atom stereocenters. The summed E-state index contributed by atoms with van der Waals surface area (Å²) in [5.41, 5.74) is 5.31. The fourth-order valence-corrected chi connectivity index (χ4v) is 17.2. The first-order valence-corrected chi connectivity index (χ1v) is 35.9. The standard InChI is InChI=1S/C84H30B26N4/c85-55-54(56(86)58(88)59(89)57(55)87)31-25-52-80-53(26-31)112(33-18-22-45-41-14-4-2-10-37(41)39-12-6-8-16-43(39)47(45)28-33)51-30-35(114(83-76(106)68(98)62(92)69(99)77(83)107)84-78(108)70(100)63(93)71(101)79(84)109)20-24-49(51)110(80)48-23-19-34(113(81-72(102)64(94)60(90)65(95)73(81)103)82-74(104)66(96)61(91)67(97)75(82)105)29-50(48)111(52)32-17-21-44-40-13-3-1-9-36(40)38-11-5-7-15-42(38)46(44)27-32/h1-30H. The van der Waals surface area contributed by atoms with E-state index in [-0.39, 0.29) is 165 Å². The highest BCUT2D eigenvalue weighted by molar-refractivity contribution is 7.00. The van der Waals surface area contributed by atoms with Gasteiger partial charge in [-0.3, -0.25) is 0 Å². The minimum absolute atomic E-state index is 0.00275. The fourth-order valence-electron chi connectivity index (χ4n) is 17.2. The van der Waals surface area contributed by atoms with Gasteiger partial charge in [0.05, 0.1) is 0 Å². The molecule has 0 N–H and O–H groups in total. The van der Waals surface area contributed by atoms with Gasteiger partial charge in [-0.05, 0) is 153 Å². The topological polar surface area (TPSA) is 13.0 Å². The number of rotatable bonds is 9. The number of benzene rings is 16. The van der Waals surface area contributed by atoms with Gasteiger partial charge in [-0.1, -0.05) is 176 Å². The Morgan fingerprint density at radius 3 is 0.693 bits per heavy atom. The molecular weight excluding hydrogens is 1350 g/mol. The summed E-state index contributed by atoms with van der Waals surface area (Å²) < 4.78 is 0. The summed E-state index contributed by atoms with van der Waals surface area (Å²) in [4.78, 5) is 7.51. The van der Waals surface area contributed by atoms with Crippen LogP contribution in [0.1, 0.15) is 0 Å². The zero-order chi connectivity index (χ0) is 80.3. The normalized spacial score (nSPS) is 12.3. The molecule has 0 saturated heterocycles. The Hall–Kier alpha value is -10.0. The van der Waals surface area contributed by atoms with Gasteiger partial charge in [0.25, 0.3) is 6.71 Å². The number of nitrogens with zero attached hydrogens (tertiary/aromatic N) is 4. The lowest BCUT2D eigenvalue weighted by Crippen LogP contribution is -2.61. The van der Waals surface area contributed by atoms with Gasteiger partial charge in [0.1, 0.15) is 196 Å². The summed E-state index contributed by atoms with van der Waals surface area (Å²) in [6, 6.07) is 61.5. The highest BCUT2D eigenvalue weighted by atomic mass is 15.2. The second-order valence-electron chi connectivity index (χ2n) is 28.9. The lowest BCUT2D eigenvalue weighted by molar-refractivity contribution is 1.24. The maximum Gasteiger partial charge on any atom is 0.252 e. The van der Waals surface area contributed by atoms with E-state index in [0.29, 0.717) is 62.0 Å². The van der Waals surface area contributed by atoms with Crippen molar-refractivity contribution in [2.24, 2.45) is 0 Å². The molecule has 114 heavy (non-hydrogen) atoms. The first-order valence-electron chi connectivity index (χ1n) is 35.9. The second-order valence-corrected chi connectivity index (χ2v) is 28.9. The van der Waals surface area contributed by atoms with E-state index >= 15 is 0 Å². The van der Waals surface area contributed by atoms with Crippen molar-refractivity contribution in [3.8, 4) is 11.1 Å². The van der Waals surface area contributed by atoms with Crippen LogP contribution in [0.3, 0.4) is 0 Å². The summed E-state index contributed by atoms with van der Waals surface area (Å²) >= 11 is 0. The second kappa shape index (κ2) is 27.6. The van der Waals surface area contributed by atoms with E-state index in [0.717, 1.165) is 70.1 Å². The summed E-state index contributed by atoms with van der Waals surface area (Å²) in [7, 11) is 174. The zero-order valence-corrected chi connectivity index (χ0v) is 61.1. The highest BCUT2D eigenvalue weighted by Crippen LogP contribution is 2.50. The van der Waals surface area contributed by atoms with Gasteiger partial charge in [-0.2, -0.15) is 0 Å². The number of hydrogen-bond donors (Lipinski definition) is 0. The van der Waals surface area contributed by atoms with E-state index in [2.05, 4.69) is 94.7 Å². The molecule has 0 unspecified atom stereocenters. The van der Waals surface area contributed by atoms with Gasteiger partial charge >= 0.3 is 0 Å². The van der Waals surface area contributed by atoms with Crippen LogP contribution in [0, 0.1) is 0 Å². The Labute approximate surface area is 696 Å². The molecule has 0 fully saturated rings. The third-order valence-electron chi connectivity index (χ3n) is 23.1. The minimum atomic E-state index is -0.801. The van der Waals surface area contributed by atoms with Crippen LogP contribution in [-0.2, 0) is 0 Å². The summed E-state index contributed by atoms with van der Waals surface area (Å²) in [6.45, 7) is -0.801. The van der Waals surface area contributed by atoms with E-state index < -0.39 is 6.71 Å². The van der Waals surface area contributed by atoms with Crippen LogP contribution in [0.2, 0.25) is 0 Å². The van der Waals surface area contributed by atoms with Gasteiger partial charge in [-0.25, -0.2) is 0 Å². The van der Waals surface area contributed by atoms with Crippen molar-refractivity contribution in [3.05, 3.63) is 182 Å². The van der Waals surface area contributed by atoms with E-state index in [1.54, 1.807) is 9.80 Å². The summed E-state index contributed by atoms with van der Waals surface area (Å²) in [6.07, 6.45) is 0. The SMILES string of the molecule is [B]c1c([B])c([B])c(-c2cc3c4c(c2)N(c2ccc5c6ccccc6c6ccccc6c5c2)c2cc(N(c5c([B])c([B])c([B])c([B])c5[B])c5c([B])c([B])c([B])c([B])c5[B])ccc2B4c2ccc(N(c4c([B])c([B])c([B])c([B])c4[B])c4c([B])c([B])c([B])c([B])c4[B])cc2N3c2ccc3c4ccccc4c4ccccc4c3c2)c([B])c1[B]. The Kier molecular flexibility index (Phi) is 18.2. The molecule has 2 heterocycles. The van der Waals surface area contributed by atoms with Crippen molar-refractivity contribution in [1.29, 1.82) is 0 Å². The van der Waals surface area contributed by atoms with E-state index in [9.17, 15) is 0 Å². The molecule has 0 aliphatic carbocycles. The van der Waals surface area contributed by atoms with E-state index in [1.165, 1.54) is 0 Å². The minimum Gasteiger partial charge on any atom is -0.313 e. The maximum atomic E-state index is 7.34. The molecule has 0 aromatic heterocycles. The smallest absolute Gasteiger partial charge is 0.252 e. The number of hydrogen-bond acceptors (Lipinski definition) is 4.